The molecule has 0 aromatic rings. The van der Waals surface area contributed by atoms with E-state index in [1.807, 2.05) is 0 Å². The summed E-state index contributed by atoms with van der Waals surface area (Å²) in [7, 11) is 2.27. The fourth-order valence-electron chi connectivity index (χ4n) is 3.43. The third-order valence-electron chi connectivity index (χ3n) is 5.10. The Bertz CT molecular complexity index is 259. The second-order valence-corrected chi connectivity index (χ2v) is 7.63. The molecule has 3 heteroatoms. The summed E-state index contributed by atoms with van der Waals surface area (Å²) in [5.74, 6) is 0.766. The molecular weight excluding hydrogens is 246 g/mol. The molecule has 1 saturated heterocycles. The number of nitrogens with two attached hydrogens (primary N) is 1. The fraction of sp³-hybridized carbons (Fsp3) is 1.00. The van der Waals surface area contributed by atoms with E-state index in [2.05, 4.69) is 44.5 Å². The van der Waals surface area contributed by atoms with Crippen LogP contribution in [0.3, 0.4) is 0 Å². The standard InChI is InChI=1S/C17H37N3/c1-6-16-14-20(13-12-19(16)5)11-7-8-15(9-10-18)17(2,3)4/h15-16H,6-14,18H2,1-5H3. The van der Waals surface area contributed by atoms with Crippen LogP contribution in [0.4, 0.5) is 0 Å². The molecule has 0 amide bonds. The molecular formula is C17H37N3. The topological polar surface area (TPSA) is 32.5 Å². The molecule has 20 heavy (non-hydrogen) atoms. The Kier molecular flexibility index (Phi) is 7.49. The van der Waals surface area contributed by atoms with Crippen molar-refractivity contribution < 1.29 is 0 Å². The number of hydrogen-bond acceptors (Lipinski definition) is 3. The Morgan fingerprint density at radius 2 is 1.90 bits per heavy atom. The summed E-state index contributed by atoms with van der Waals surface area (Å²) in [6, 6.07) is 0.756. The molecule has 1 heterocycles. The maximum atomic E-state index is 5.78. The van der Waals surface area contributed by atoms with Gasteiger partial charge in [-0.15, -0.1) is 0 Å². The Labute approximate surface area is 126 Å². The summed E-state index contributed by atoms with van der Waals surface area (Å²) < 4.78 is 0. The van der Waals surface area contributed by atoms with Crippen LogP contribution in [0, 0.1) is 11.3 Å². The van der Waals surface area contributed by atoms with Crippen molar-refractivity contribution in [2.45, 2.75) is 59.4 Å². The minimum Gasteiger partial charge on any atom is -0.330 e. The first-order chi connectivity index (χ1) is 9.38. The molecule has 0 saturated carbocycles. The van der Waals surface area contributed by atoms with Gasteiger partial charge in [-0.1, -0.05) is 27.7 Å². The molecule has 0 spiro atoms. The van der Waals surface area contributed by atoms with E-state index in [-0.39, 0.29) is 0 Å². The average molecular weight is 284 g/mol. The quantitative estimate of drug-likeness (QED) is 0.780. The Balaban J connectivity index is 2.32. The molecule has 3 nitrogen and oxygen atoms in total. The van der Waals surface area contributed by atoms with E-state index >= 15 is 0 Å². The van der Waals surface area contributed by atoms with Crippen LogP contribution in [0.5, 0.6) is 0 Å². The smallest absolute Gasteiger partial charge is 0.0218 e. The zero-order valence-electron chi connectivity index (χ0n) is 14.5. The first-order valence-corrected chi connectivity index (χ1v) is 8.51. The molecule has 1 rings (SSSR count). The predicted molar refractivity (Wildman–Crippen MR) is 89.0 cm³/mol. The van der Waals surface area contributed by atoms with Crippen molar-refractivity contribution in [1.29, 1.82) is 0 Å². The Morgan fingerprint density at radius 1 is 1.20 bits per heavy atom. The Hall–Kier alpha value is -0.120. The zero-order valence-corrected chi connectivity index (χ0v) is 14.5. The highest BCUT2D eigenvalue weighted by atomic mass is 15.3. The number of rotatable bonds is 7. The maximum absolute atomic E-state index is 5.78. The molecule has 0 radical (unpaired) electrons. The normalized spacial score (nSPS) is 24.0. The van der Waals surface area contributed by atoms with Crippen molar-refractivity contribution in [3.05, 3.63) is 0 Å². The first-order valence-electron chi connectivity index (χ1n) is 8.51. The van der Waals surface area contributed by atoms with Gasteiger partial charge in [0.2, 0.25) is 0 Å². The summed E-state index contributed by atoms with van der Waals surface area (Å²) in [6.07, 6.45) is 5.08. The SMILES string of the molecule is CCC1CN(CCCC(CCN)C(C)(C)C)CCN1C. The van der Waals surface area contributed by atoms with E-state index in [1.54, 1.807) is 0 Å². The highest BCUT2D eigenvalue weighted by Crippen LogP contribution is 2.32. The molecule has 2 atom stereocenters. The van der Waals surface area contributed by atoms with Crippen LogP contribution in [0.2, 0.25) is 0 Å². The third-order valence-corrected chi connectivity index (χ3v) is 5.10. The second-order valence-electron chi connectivity index (χ2n) is 7.63. The fourth-order valence-corrected chi connectivity index (χ4v) is 3.43. The predicted octanol–water partition coefficient (Wildman–Crippen LogP) is 2.80. The lowest BCUT2D eigenvalue weighted by atomic mass is 9.76. The van der Waals surface area contributed by atoms with Gasteiger partial charge in [-0.2, -0.15) is 0 Å². The summed E-state index contributed by atoms with van der Waals surface area (Å²) in [5, 5.41) is 0. The van der Waals surface area contributed by atoms with Gasteiger partial charge in [-0.3, -0.25) is 0 Å². The van der Waals surface area contributed by atoms with Gasteiger partial charge < -0.3 is 15.5 Å². The van der Waals surface area contributed by atoms with E-state index < -0.39 is 0 Å². The molecule has 1 aliphatic rings. The van der Waals surface area contributed by atoms with E-state index in [0.717, 1.165) is 18.5 Å². The lowest BCUT2D eigenvalue weighted by Crippen LogP contribution is -2.51. The van der Waals surface area contributed by atoms with Crippen molar-refractivity contribution in [1.82, 2.24) is 9.80 Å². The molecule has 1 fully saturated rings. The lowest BCUT2D eigenvalue weighted by molar-refractivity contribution is 0.0885. The lowest BCUT2D eigenvalue weighted by Gasteiger charge is -2.39. The van der Waals surface area contributed by atoms with Crippen LogP contribution in [0.25, 0.3) is 0 Å². The highest BCUT2D eigenvalue weighted by Gasteiger charge is 2.25. The minimum atomic E-state index is 0.396. The van der Waals surface area contributed by atoms with Crippen molar-refractivity contribution in [3.63, 3.8) is 0 Å². The van der Waals surface area contributed by atoms with Gasteiger partial charge in [0.25, 0.3) is 0 Å². The van der Waals surface area contributed by atoms with Crippen molar-refractivity contribution in [2.24, 2.45) is 17.1 Å². The van der Waals surface area contributed by atoms with Crippen LogP contribution < -0.4 is 5.73 Å². The van der Waals surface area contributed by atoms with E-state index in [1.165, 1.54) is 51.9 Å². The van der Waals surface area contributed by atoms with Crippen LogP contribution in [0.15, 0.2) is 0 Å². The van der Waals surface area contributed by atoms with Crippen LogP contribution in [-0.2, 0) is 0 Å². The third kappa shape index (κ3) is 5.71. The summed E-state index contributed by atoms with van der Waals surface area (Å²) >= 11 is 0. The molecule has 0 aliphatic carbocycles. The Morgan fingerprint density at radius 3 is 2.45 bits per heavy atom. The van der Waals surface area contributed by atoms with E-state index in [4.69, 9.17) is 5.73 Å². The van der Waals surface area contributed by atoms with Gasteiger partial charge in [0, 0.05) is 25.7 Å². The first kappa shape index (κ1) is 17.9. The van der Waals surface area contributed by atoms with E-state index in [0.29, 0.717) is 5.41 Å². The second kappa shape index (κ2) is 8.35. The molecule has 0 aromatic heterocycles. The van der Waals surface area contributed by atoms with Crippen LogP contribution >= 0.6 is 0 Å². The van der Waals surface area contributed by atoms with Gasteiger partial charge in [-0.05, 0) is 57.2 Å². The molecule has 0 aromatic carbocycles. The maximum Gasteiger partial charge on any atom is 0.0218 e. The monoisotopic (exact) mass is 283 g/mol. The van der Waals surface area contributed by atoms with Gasteiger partial charge in [0.1, 0.15) is 0 Å². The molecule has 1 aliphatic heterocycles. The number of piperazine rings is 1. The van der Waals surface area contributed by atoms with Crippen molar-refractivity contribution in [2.75, 3.05) is 39.8 Å². The molecule has 120 valence electrons. The molecule has 2 N–H and O–H groups in total. The molecule has 0 bridgehead atoms. The summed E-state index contributed by atoms with van der Waals surface area (Å²) in [6.45, 7) is 15.2. The number of nitrogens with zero attached hydrogens (tertiary/aromatic N) is 2. The largest absolute Gasteiger partial charge is 0.330 e. The summed E-state index contributed by atoms with van der Waals surface area (Å²) in [4.78, 5) is 5.18. The van der Waals surface area contributed by atoms with Gasteiger partial charge in [0.15, 0.2) is 0 Å². The van der Waals surface area contributed by atoms with Gasteiger partial charge in [0.05, 0.1) is 0 Å². The number of hydrogen-bond donors (Lipinski definition) is 1. The minimum absolute atomic E-state index is 0.396. The highest BCUT2D eigenvalue weighted by molar-refractivity contribution is 4.80. The van der Waals surface area contributed by atoms with Crippen LogP contribution in [0.1, 0.15) is 53.4 Å². The molecule has 2 unspecified atom stereocenters. The average Bonchev–Trinajstić information content (AvgIpc) is 2.38. The van der Waals surface area contributed by atoms with Crippen molar-refractivity contribution in [3.8, 4) is 0 Å². The van der Waals surface area contributed by atoms with Crippen molar-refractivity contribution >= 4 is 0 Å². The van der Waals surface area contributed by atoms with Gasteiger partial charge >= 0.3 is 0 Å². The summed E-state index contributed by atoms with van der Waals surface area (Å²) in [5.41, 5.74) is 6.17. The van der Waals surface area contributed by atoms with Crippen LogP contribution in [-0.4, -0.2) is 55.6 Å². The number of likely N-dealkylation sites (N-methyl/N-ethyl adjacent to an activating group) is 1. The zero-order chi connectivity index (χ0) is 15.2. The van der Waals surface area contributed by atoms with E-state index in [9.17, 15) is 0 Å². The van der Waals surface area contributed by atoms with Gasteiger partial charge in [-0.25, -0.2) is 0 Å².